The van der Waals surface area contributed by atoms with E-state index in [1.54, 1.807) is 11.3 Å². The Hall–Kier alpha value is -0.740. The summed E-state index contributed by atoms with van der Waals surface area (Å²) in [5.41, 5.74) is 0.752. The first kappa shape index (κ1) is 15.6. The number of hydrogen-bond donors (Lipinski definition) is 0. The van der Waals surface area contributed by atoms with Gasteiger partial charge in [-0.15, -0.1) is 11.3 Å². The highest BCUT2D eigenvalue weighted by Gasteiger charge is 2.37. The molecule has 1 atom stereocenters. The molecule has 3 nitrogen and oxygen atoms in total. The van der Waals surface area contributed by atoms with Crippen molar-refractivity contribution in [2.75, 3.05) is 13.1 Å². The van der Waals surface area contributed by atoms with Crippen LogP contribution in [0.2, 0.25) is 0 Å². The van der Waals surface area contributed by atoms with E-state index in [2.05, 4.69) is 30.7 Å². The number of carbonyl (C=O) groups is 1. The van der Waals surface area contributed by atoms with Crippen molar-refractivity contribution in [3.05, 3.63) is 15.6 Å². The smallest absolute Gasteiger partial charge is 0.159 e. The number of Topliss-reactive ketones (excluding diaryl/α,β-unsaturated/α-hetero) is 1. The molecule has 4 heteroatoms. The van der Waals surface area contributed by atoms with Crippen molar-refractivity contribution in [2.45, 2.75) is 65.3 Å². The summed E-state index contributed by atoms with van der Waals surface area (Å²) in [5, 5.41) is 0.974. The highest BCUT2D eigenvalue weighted by atomic mass is 32.1. The Kier molecular flexibility index (Phi) is 4.97. The summed E-state index contributed by atoms with van der Waals surface area (Å²) in [7, 11) is 0. The summed E-state index contributed by atoms with van der Waals surface area (Å²) in [4.78, 5) is 21.0. The van der Waals surface area contributed by atoms with Gasteiger partial charge in [0.15, 0.2) is 5.78 Å². The Labute approximate surface area is 126 Å². The Bertz CT molecular complexity index is 457. The molecule has 0 bridgehead atoms. The summed E-state index contributed by atoms with van der Waals surface area (Å²) in [6, 6.07) is 0. The standard InChI is InChI=1S/C16H26N2OS/c1-5-16(4,18-9-7-6-8-10-18)14(19)11-15-17-12(2)13(3)20-15/h5-11H2,1-4H3. The van der Waals surface area contributed by atoms with Gasteiger partial charge in [0.1, 0.15) is 5.01 Å². The SMILES string of the molecule is CCC(C)(C(=O)Cc1nc(C)c(C)s1)N1CCCCC1. The van der Waals surface area contributed by atoms with Crippen molar-refractivity contribution in [3.8, 4) is 0 Å². The van der Waals surface area contributed by atoms with Crippen LogP contribution in [0.25, 0.3) is 0 Å². The summed E-state index contributed by atoms with van der Waals surface area (Å²) in [6.07, 6.45) is 5.11. The van der Waals surface area contributed by atoms with Crippen LogP contribution in [0, 0.1) is 13.8 Å². The summed E-state index contributed by atoms with van der Waals surface area (Å²) in [5.74, 6) is 0.329. The summed E-state index contributed by atoms with van der Waals surface area (Å²) >= 11 is 1.67. The fraction of sp³-hybridized carbons (Fsp3) is 0.750. The zero-order valence-corrected chi connectivity index (χ0v) is 14.0. The highest BCUT2D eigenvalue weighted by molar-refractivity contribution is 7.11. The number of aromatic nitrogens is 1. The molecule has 1 fully saturated rings. The molecule has 1 aliphatic heterocycles. The van der Waals surface area contributed by atoms with E-state index in [0.29, 0.717) is 12.2 Å². The zero-order valence-electron chi connectivity index (χ0n) is 13.2. The van der Waals surface area contributed by atoms with Gasteiger partial charge in [-0.3, -0.25) is 9.69 Å². The van der Waals surface area contributed by atoms with E-state index < -0.39 is 0 Å². The predicted octanol–water partition coefficient (Wildman–Crippen LogP) is 3.53. The molecule has 1 unspecified atom stereocenters. The summed E-state index contributed by atoms with van der Waals surface area (Å²) in [6.45, 7) is 10.5. The van der Waals surface area contributed by atoms with E-state index in [1.165, 1.54) is 24.1 Å². The maximum atomic E-state index is 12.8. The largest absolute Gasteiger partial charge is 0.297 e. The van der Waals surface area contributed by atoms with Gasteiger partial charge in [0.25, 0.3) is 0 Å². The molecule has 1 aliphatic rings. The number of carbonyl (C=O) groups excluding carboxylic acids is 1. The lowest BCUT2D eigenvalue weighted by Crippen LogP contribution is -2.54. The molecule has 112 valence electrons. The molecule has 0 N–H and O–H groups in total. The highest BCUT2D eigenvalue weighted by Crippen LogP contribution is 2.27. The van der Waals surface area contributed by atoms with Gasteiger partial charge >= 0.3 is 0 Å². The van der Waals surface area contributed by atoms with Crippen LogP contribution in [-0.4, -0.2) is 34.3 Å². The fourth-order valence-corrected chi connectivity index (χ4v) is 3.86. The molecular weight excluding hydrogens is 268 g/mol. The second-order valence-corrected chi connectivity index (χ2v) is 7.31. The molecule has 0 aromatic carbocycles. The molecule has 1 aromatic heterocycles. The minimum absolute atomic E-state index is 0.312. The number of nitrogens with zero attached hydrogens (tertiary/aromatic N) is 2. The van der Waals surface area contributed by atoms with Crippen LogP contribution in [0.15, 0.2) is 0 Å². The van der Waals surface area contributed by atoms with Crippen LogP contribution < -0.4 is 0 Å². The van der Waals surface area contributed by atoms with Crippen LogP contribution in [0.1, 0.15) is 55.1 Å². The molecule has 1 saturated heterocycles. The van der Waals surface area contributed by atoms with Crippen LogP contribution in [-0.2, 0) is 11.2 Å². The van der Waals surface area contributed by atoms with E-state index in [-0.39, 0.29) is 5.54 Å². The third-order valence-electron chi connectivity index (χ3n) is 4.73. The second-order valence-electron chi connectivity index (χ2n) is 6.02. The molecule has 0 radical (unpaired) electrons. The normalized spacial score (nSPS) is 19.8. The minimum Gasteiger partial charge on any atom is -0.297 e. The number of piperidine rings is 1. The van der Waals surface area contributed by atoms with Gasteiger partial charge in [0.05, 0.1) is 17.7 Å². The Balaban J connectivity index is 2.11. The van der Waals surface area contributed by atoms with Crippen molar-refractivity contribution in [1.29, 1.82) is 0 Å². The third kappa shape index (κ3) is 3.12. The minimum atomic E-state index is -0.312. The first-order valence-corrected chi connectivity index (χ1v) is 8.50. The number of rotatable bonds is 5. The Morgan fingerprint density at radius 1 is 1.30 bits per heavy atom. The van der Waals surface area contributed by atoms with Gasteiger partial charge in [0.2, 0.25) is 0 Å². The van der Waals surface area contributed by atoms with Crippen molar-refractivity contribution in [3.63, 3.8) is 0 Å². The number of aryl methyl sites for hydroxylation is 2. The van der Waals surface area contributed by atoms with Gasteiger partial charge in [-0.05, 0) is 53.1 Å². The third-order valence-corrected chi connectivity index (χ3v) is 5.80. The molecular formula is C16H26N2OS. The van der Waals surface area contributed by atoms with E-state index in [1.807, 2.05) is 6.92 Å². The maximum absolute atomic E-state index is 12.8. The maximum Gasteiger partial charge on any atom is 0.159 e. The number of thiazole rings is 1. The van der Waals surface area contributed by atoms with Crippen molar-refractivity contribution in [1.82, 2.24) is 9.88 Å². The van der Waals surface area contributed by atoms with Crippen LogP contribution in [0.4, 0.5) is 0 Å². The molecule has 0 spiro atoms. The molecule has 1 aromatic rings. The van der Waals surface area contributed by atoms with Crippen LogP contribution >= 0.6 is 11.3 Å². The van der Waals surface area contributed by atoms with E-state index >= 15 is 0 Å². The monoisotopic (exact) mass is 294 g/mol. The van der Waals surface area contributed by atoms with Crippen molar-refractivity contribution < 1.29 is 4.79 Å². The zero-order chi connectivity index (χ0) is 14.8. The van der Waals surface area contributed by atoms with Crippen LogP contribution in [0.5, 0.6) is 0 Å². The molecule has 20 heavy (non-hydrogen) atoms. The topological polar surface area (TPSA) is 33.2 Å². The predicted molar refractivity (Wildman–Crippen MR) is 84.4 cm³/mol. The molecule has 0 amide bonds. The van der Waals surface area contributed by atoms with E-state index in [0.717, 1.165) is 30.2 Å². The quantitative estimate of drug-likeness (QED) is 0.833. The molecule has 2 heterocycles. The van der Waals surface area contributed by atoms with E-state index in [4.69, 9.17) is 0 Å². The first-order valence-electron chi connectivity index (χ1n) is 7.68. The number of likely N-dealkylation sites (tertiary alicyclic amines) is 1. The van der Waals surface area contributed by atoms with E-state index in [9.17, 15) is 4.79 Å². The van der Waals surface area contributed by atoms with Crippen LogP contribution in [0.3, 0.4) is 0 Å². The fourth-order valence-electron chi connectivity index (χ4n) is 2.93. The average Bonchev–Trinajstić information content (AvgIpc) is 2.77. The number of ketones is 1. The van der Waals surface area contributed by atoms with Gasteiger partial charge in [-0.1, -0.05) is 13.3 Å². The second kappa shape index (κ2) is 6.35. The molecule has 0 saturated carbocycles. The number of hydrogen-bond acceptors (Lipinski definition) is 4. The van der Waals surface area contributed by atoms with Gasteiger partial charge in [-0.2, -0.15) is 0 Å². The summed E-state index contributed by atoms with van der Waals surface area (Å²) < 4.78 is 0. The van der Waals surface area contributed by atoms with Gasteiger partial charge in [0, 0.05) is 4.88 Å². The van der Waals surface area contributed by atoms with Gasteiger partial charge < -0.3 is 0 Å². The van der Waals surface area contributed by atoms with Gasteiger partial charge in [-0.25, -0.2) is 4.98 Å². The molecule has 2 rings (SSSR count). The Morgan fingerprint density at radius 2 is 1.95 bits per heavy atom. The molecule has 0 aliphatic carbocycles. The average molecular weight is 294 g/mol. The lowest BCUT2D eigenvalue weighted by molar-refractivity contribution is -0.130. The van der Waals surface area contributed by atoms with Crippen molar-refractivity contribution >= 4 is 17.1 Å². The lowest BCUT2D eigenvalue weighted by Gasteiger charge is -2.41. The Morgan fingerprint density at radius 3 is 2.45 bits per heavy atom. The first-order chi connectivity index (χ1) is 9.47. The lowest BCUT2D eigenvalue weighted by atomic mass is 9.87. The van der Waals surface area contributed by atoms with Crippen molar-refractivity contribution in [2.24, 2.45) is 0 Å².